The smallest absolute Gasteiger partial charge is 0.226 e. The molecule has 5 rings (SSSR count). The number of furan rings is 1. The van der Waals surface area contributed by atoms with Gasteiger partial charge in [0, 0.05) is 37.9 Å². The molecule has 3 aromatic heterocycles. The van der Waals surface area contributed by atoms with Gasteiger partial charge >= 0.3 is 0 Å². The molecular weight excluding hydrogens is 436 g/mol. The minimum Gasteiger partial charge on any atom is -0.493 e. The van der Waals surface area contributed by atoms with Gasteiger partial charge in [0.05, 0.1) is 26.6 Å². The van der Waals surface area contributed by atoms with E-state index in [1.54, 1.807) is 25.0 Å². The van der Waals surface area contributed by atoms with E-state index in [1.807, 2.05) is 36.5 Å². The van der Waals surface area contributed by atoms with Crippen LogP contribution >= 0.6 is 0 Å². The lowest BCUT2D eigenvalue weighted by molar-refractivity contribution is 0.0793. The van der Waals surface area contributed by atoms with Crippen molar-refractivity contribution in [3.05, 3.63) is 53.9 Å². The monoisotopic (exact) mass is 464 g/mol. The van der Waals surface area contributed by atoms with Gasteiger partial charge in [0.15, 0.2) is 22.9 Å². The number of likely N-dealkylation sites (tertiary alicyclic amines) is 1. The first-order chi connectivity index (χ1) is 16.6. The zero-order valence-electron chi connectivity index (χ0n) is 19.3. The molecule has 10 heteroatoms. The Labute approximate surface area is 197 Å². The zero-order valence-corrected chi connectivity index (χ0v) is 19.3. The molecule has 0 bridgehead atoms. The SMILES string of the molecule is COc1ccc(CNc2ncc(CN3CCC(O)CC3)c3nc(-c4ccco4)nn23)cc1OC. The minimum absolute atomic E-state index is 0.212. The van der Waals surface area contributed by atoms with Crippen LogP contribution in [-0.4, -0.2) is 63.0 Å². The van der Waals surface area contributed by atoms with Gasteiger partial charge in [-0.05, 0) is 42.7 Å². The Kier molecular flexibility index (Phi) is 6.33. The predicted octanol–water partition coefficient (Wildman–Crippen LogP) is 2.97. The van der Waals surface area contributed by atoms with Crippen LogP contribution in [0.4, 0.5) is 5.95 Å². The van der Waals surface area contributed by atoms with Gasteiger partial charge in [0.2, 0.25) is 11.8 Å². The van der Waals surface area contributed by atoms with Crippen molar-refractivity contribution in [2.75, 3.05) is 32.6 Å². The summed E-state index contributed by atoms with van der Waals surface area (Å²) in [5.74, 6) is 3.03. The highest BCUT2D eigenvalue weighted by molar-refractivity contribution is 5.58. The molecule has 0 radical (unpaired) electrons. The average molecular weight is 465 g/mol. The standard InChI is InChI=1S/C24H28N6O4/c1-32-19-6-5-16(12-21(19)33-2)13-25-24-26-14-17(15-29-9-7-18(31)8-10-29)23-27-22(28-30(23)24)20-4-3-11-34-20/h3-6,11-12,14,18,31H,7-10,13,15H2,1-2H3,(H,25,26). The van der Waals surface area contributed by atoms with E-state index >= 15 is 0 Å². The molecule has 1 fully saturated rings. The summed E-state index contributed by atoms with van der Waals surface area (Å²) in [5, 5.41) is 17.9. The van der Waals surface area contributed by atoms with E-state index in [9.17, 15) is 5.11 Å². The molecule has 0 aliphatic carbocycles. The summed E-state index contributed by atoms with van der Waals surface area (Å²) in [6.45, 7) is 2.88. The Hall–Kier alpha value is -3.63. The van der Waals surface area contributed by atoms with E-state index in [2.05, 4.69) is 20.3 Å². The van der Waals surface area contributed by atoms with Crippen LogP contribution in [0, 0.1) is 0 Å². The average Bonchev–Trinajstić information content (AvgIpc) is 3.55. The molecule has 0 spiro atoms. The Bertz CT molecular complexity index is 1250. The fourth-order valence-electron chi connectivity index (χ4n) is 4.15. The lowest BCUT2D eigenvalue weighted by Crippen LogP contribution is -2.35. The van der Waals surface area contributed by atoms with Crippen molar-refractivity contribution in [2.24, 2.45) is 0 Å². The van der Waals surface area contributed by atoms with Crippen LogP contribution in [0.2, 0.25) is 0 Å². The number of aliphatic hydroxyl groups is 1. The van der Waals surface area contributed by atoms with Crippen molar-refractivity contribution in [3.63, 3.8) is 0 Å². The number of hydrogen-bond donors (Lipinski definition) is 2. The summed E-state index contributed by atoms with van der Waals surface area (Å²) in [7, 11) is 3.23. The third-order valence-electron chi connectivity index (χ3n) is 6.03. The minimum atomic E-state index is -0.212. The summed E-state index contributed by atoms with van der Waals surface area (Å²) in [6.07, 6.45) is 4.79. The number of nitrogens with zero attached hydrogens (tertiary/aromatic N) is 5. The van der Waals surface area contributed by atoms with Gasteiger partial charge in [0.1, 0.15) is 0 Å². The summed E-state index contributed by atoms with van der Waals surface area (Å²) in [4.78, 5) is 11.7. The fraction of sp³-hybridized carbons (Fsp3) is 0.375. The number of hydrogen-bond acceptors (Lipinski definition) is 9. The highest BCUT2D eigenvalue weighted by Gasteiger charge is 2.21. The largest absolute Gasteiger partial charge is 0.493 e. The molecule has 1 aliphatic heterocycles. The quantitative estimate of drug-likeness (QED) is 0.407. The molecule has 0 atom stereocenters. The second kappa shape index (κ2) is 9.70. The number of piperidine rings is 1. The number of aromatic nitrogens is 4. The molecule has 1 aliphatic rings. The van der Waals surface area contributed by atoms with Crippen LogP contribution in [0.3, 0.4) is 0 Å². The molecule has 4 heterocycles. The second-order valence-electron chi connectivity index (χ2n) is 8.31. The zero-order chi connectivity index (χ0) is 23.5. The van der Waals surface area contributed by atoms with Crippen LogP contribution in [0.1, 0.15) is 24.0 Å². The third kappa shape index (κ3) is 4.55. The molecule has 0 amide bonds. The number of aliphatic hydroxyl groups excluding tert-OH is 1. The van der Waals surface area contributed by atoms with Crippen LogP contribution in [0.25, 0.3) is 17.2 Å². The van der Waals surface area contributed by atoms with Gasteiger partial charge in [-0.15, -0.1) is 5.10 Å². The van der Waals surface area contributed by atoms with Crippen molar-refractivity contribution in [1.29, 1.82) is 0 Å². The second-order valence-corrected chi connectivity index (χ2v) is 8.31. The Morgan fingerprint density at radius 1 is 1.15 bits per heavy atom. The topological polar surface area (TPSA) is 110 Å². The number of methoxy groups -OCH3 is 2. The predicted molar refractivity (Wildman–Crippen MR) is 126 cm³/mol. The Balaban J connectivity index is 1.43. The summed E-state index contributed by atoms with van der Waals surface area (Å²) in [5.41, 5.74) is 2.70. The number of nitrogens with one attached hydrogen (secondary N) is 1. The Morgan fingerprint density at radius 3 is 2.71 bits per heavy atom. The van der Waals surface area contributed by atoms with Gasteiger partial charge < -0.3 is 24.3 Å². The highest BCUT2D eigenvalue weighted by Crippen LogP contribution is 2.28. The molecule has 178 valence electrons. The van der Waals surface area contributed by atoms with Gasteiger partial charge in [-0.2, -0.15) is 4.52 Å². The maximum atomic E-state index is 9.83. The van der Waals surface area contributed by atoms with Gasteiger partial charge in [-0.25, -0.2) is 9.97 Å². The molecule has 0 saturated carbocycles. The molecule has 4 aromatic rings. The van der Waals surface area contributed by atoms with Gasteiger partial charge in [0.25, 0.3) is 0 Å². The first-order valence-electron chi connectivity index (χ1n) is 11.3. The van der Waals surface area contributed by atoms with E-state index in [0.29, 0.717) is 42.1 Å². The van der Waals surface area contributed by atoms with E-state index in [-0.39, 0.29) is 6.10 Å². The first kappa shape index (κ1) is 22.2. The molecule has 34 heavy (non-hydrogen) atoms. The van der Waals surface area contributed by atoms with E-state index < -0.39 is 0 Å². The van der Waals surface area contributed by atoms with Crippen molar-refractivity contribution >= 4 is 11.6 Å². The summed E-state index contributed by atoms with van der Waals surface area (Å²) in [6, 6.07) is 9.43. The van der Waals surface area contributed by atoms with Crippen LogP contribution in [0.5, 0.6) is 11.5 Å². The molecule has 0 unspecified atom stereocenters. The van der Waals surface area contributed by atoms with Crippen LogP contribution in [-0.2, 0) is 13.1 Å². The first-order valence-corrected chi connectivity index (χ1v) is 11.3. The van der Waals surface area contributed by atoms with Gasteiger partial charge in [-0.3, -0.25) is 4.90 Å². The number of fused-ring (bicyclic) bond motifs is 1. The number of anilines is 1. The van der Waals surface area contributed by atoms with E-state index in [1.165, 1.54) is 0 Å². The summed E-state index contributed by atoms with van der Waals surface area (Å²) >= 11 is 0. The van der Waals surface area contributed by atoms with Crippen molar-refractivity contribution in [3.8, 4) is 23.1 Å². The van der Waals surface area contributed by atoms with Crippen molar-refractivity contribution in [2.45, 2.75) is 32.0 Å². The summed E-state index contributed by atoms with van der Waals surface area (Å²) < 4.78 is 18.0. The maximum absolute atomic E-state index is 9.83. The normalized spacial score (nSPS) is 15.0. The Morgan fingerprint density at radius 2 is 1.97 bits per heavy atom. The number of ether oxygens (including phenoxy) is 2. The van der Waals surface area contributed by atoms with E-state index in [4.69, 9.17) is 18.9 Å². The molecule has 10 nitrogen and oxygen atoms in total. The van der Waals surface area contributed by atoms with E-state index in [0.717, 1.165) is 42.7 Å². The lowest BCUT2D eigenvalue weighted by atomic mass is 10.1. The molecular formula is C24H28N6O4. The van der Waals surface area contributed by atoms with Crippen molar-refractivity contribution in [1.82, 2.24) is 24.5 Å². The number of benzene rings is 1. The molecule has 1 aromatic carbocycles. The molecule has 1 saturated heterocycles. The van der Waals surface area contributed by atoms with Gasteiger partial charge in [-0.1, -0.05) is 6.07 Å². The highest BCUT2D eigenvalue weighted by atomic mass is 16.5. The maximum Gasteiger partial charge on any atom is 0.226 e. The fourth-order valence-corrected chi connectivity index (χ4v) is 4.15. The van der Waals surface area contributed by atoms with Crippen LogP contribution < -0.4 is 14.8 Å². The van der Waals surface area contributed by atoms with Crippen molar-refractivity contribution < 1.29 is 19.0 Å². The van der Waals surface area contributed by atoms with Crippen LogP contribution in [0.15, 0.2) is 47.2 Å². The third-order valence-corrected chi connectivity index (χ3v) is 6.03. The molecule has 2 N–H and O–H groups in total. The number of rotatable bonds is 8. The lowest BCUT2D eigenvalue weighted by Gasteiger charge is -2.29.